The van der Waals surface area contributed by atoms with E-state index in [1.54, 1.807) is 0 Å². The molecule has 2 atom stereocenters. The summed E-state index contributed by atoms with van der Waals surface area (Å²) in [6.45, 7) is 1.20. The number of carbonyl (C=O) groups is 3. The first-order valence-corrected chi connectivity index (χ1v) is 5.94. The van der Waals surface area contributed by atoms with Crippen LogP contribution < -0.4 is 11.1 Å². The molecule has 0 aromatic rings. The van der Waals surface area contributed by atoms with Crippen molar-refractivity contribution in [2.24, 2.45) is 5.73 Å². The van der Waals surface area contributed by atoms with Gasteiger partial charge in [-0.2, -0.15) is 0 Å². The minimum Gasteiger partial charge on any atom is -0.481 e. The van der Waals surface area contributed by atoms with Crippen molar-refractivity contribution < 1.29 is 29.3 Å². The van der Waals surface area contributed by atoms with Crippen LogP contribution in [0.25, 0.3) is 0 Å². The summed E-state index contributed by atoms with van der Waals surface area (Å²) >= 11 is 0. The van der Waals surface area contributed by atoms with E-state index in [1.807, 2.05) is 6.92 Å². The van der Waals surface area contributed by atoms with Crippen molar-refractivity contribution in [2.45, 2.75) is 38.3 Å². The number of carboxylic acids is 1. The van der Waals surface area contributed by atoms with E-state index in [4.69, 9.17) is 20.7 Å². The molecule has 0 fully saturated rings. The van der Waals surface area contributed by atoms with E-state index in [-0.39, 0.29) is 13.0 Å². The maximum atomic E-state index is 11.5. The largest absolute Gasteiger partial charge is 0.481 e. The molecular formula is C11H20N2O6. The van der Waals surface area contributed by atoms with E-state index in [0.29, 0.717) is 6.42 Å². The number of esters is 1. The summed E-state index contributed by atoms with van der Waals surface area (Å²) in [7, 11) is 0. The van der Waals surface area contributed by atoms with Crippen molar-refractivity contribution in [3.8, 4) is 0 Å². The highest BCUT2D eigenvalue weighted by Gasteiger charge is 2.20. The number of ether oxygens (including phenoxy) is 1. The summed E-state index contributed by atoms with van der Waals surface area (Å²) in [5, 5.41) is 19.8. The molecule has 8 heteroatoms. The van der Waals surface area contributed by atoms with Gasteiger partial charge in [-0.25, -0.2) is 0 Å². The van der Waals surface area contributed by atoms with E-state index in [1.165, 1.54) is 0 Å². The monoisotopic (exact) mass is 276 g/mol. The third kappa shape index (κ3) is 8.11. The van der Waals surface area contributed by atoms with Crippen LogP contribution >= 0.6 is 0 Å². The number of aliphatic carboxylic acids is 1. The molecule has 0 aliphatic heterocycles. The minimum atomic E-state index is -1.21. The van der Waals surface area contributed by atoms with E-state index < -0.39 is 43.0 Å². The molecule has 0 saturated carbocycles. The Labute approximate surface area is 110 Å². The van der Waals surface area contributed by atoms with Gasteiger partial charge in [-0.05, 0) is 6.42 Å². The Morgan fingerprint density at radius 2 is 2.00 bits per heavy atom. The van der Waals surface area contributed by atoms with Gasteiger partial charge >= 0.3 is 11.9 Å². The zero-order chi connectivity index (χ0) is 14.8. The lowest BCUT2D eigenvalue weighted by Crippen LogP contribution is -2.49. The highest BCUT2D eigenvalue weighted by molar-refractivity contribution is 5.86. The molecule has 5 N–H and O–H groups in total. The van der Waals surface area contributed by atoms with Crippen molar-refractivity contribution in [1.82, 2.24) is 5.32 Å². The summed E-state index contributed by atoms with van der Waals surface area (Å²) in [6.07, 6.45) is 0.378. The number of aliphatic hydroxyl groups is 1. The van der Waals surface area contributed by atoms with Gasteiger partial charge in [-0.15, -0.1) is 0 Å². The zero-order valence-electron chi connectivity index (χ0n) is 10.8. The summed E-state index contributed by atoms with van der Waals surface area (Å²) in [5.41, 5.74) is 5.34. The van der Waals surface area contributed by atoms with Crippen LogP contribution in [0.15, 0.2) is 0 Å². The summed E-state index contributed by atoms with van der Waals surface area (Å²) < 4.78 is 4.83. The summed E-state index contributed by atoms with van der Waals surface area (Å²) in [5.74, 6) is -2.34. The predicted molar refractivity (Wildman–Crippen MR) is 65.1 cm³/mol. The fourth-order valence-electron chi connectivity index (χ4n) is 1.20. The van der Waals surface area contributed by atoms with Crippen LogP contribution in [0, 0.1) is 0 Å². The molecule has 19 heavy (non-hydrogen) atoms. The van der Waals surface area contributed by atoms with Crippen molar-refractivity contribution in [1.29, 1.82) is 0 Å². The maximum Gasteiger partial charge on any atom is 0.305 e. The number of amides is 1. The normalized spacial score (nSPS) is 13.4. The molecule has 0 radical (unpaired) electrons. The van der Waals surface area contributed by atoms with Crippen LogP contribution in [-0.2, 0) is 19.1 Å². The topological polar surface area (TPSA) is 139 Å². The van der Waals surface area contributed by atoms with Gasteiger partial charge < -0.3 is 26.0 Å². The van der Waals surface area contributed by atoms with Crippen LogP contribution in [-0.4, -0.2) is 53.4 Å². The fraction of sp³-hybridized carbons (Fsp3) is 0.727. The van der Waals surface area contributed by atoms with Gasteiger partial charge in [0.2, 0.25) is 5.91 Å². The third-order valence-corrected chi connectivity index (χ3v) is 2.20. The van der Waals surface area contributed by atoms with Gasteiger partial charge in [-0.3, -0.25) is 14.4 Å². The lowest BCUT2D eigenvalue weighted by atomic mass is 10.2. The molecule has 0 rings (SSSR count). The molecule has 8 nitrogen and oxygen atoms in total. The third-order valence-electron chi connectivity index (χ3n) is 2.20. The Kier molecular flexibility index (Phi) is 8.47. The number of nitrogens with two attached hydrogens (primary N) is 1. The molecule has 0 aliphatic carbocycles. The molecule has 0 bridgehead atoms. The van der Waals surface area contributed by atoms with Crippen molar-refractivity contribution in [3.63, 3.8) is 0 Å². The molecule has 0 spiro atoms. The van der Waals surface area contributed by atoms with Crippen LogP contribution in [0.1, 0.15) is 26.2 Å². The van der Waals surface area contributed by atoms with Crippen molar-refractivity contribution in [3.05, 3.63) is 0 Å². The Morgan fingerprint density at radius 1 is 1.37 bits per heavy atom. The smallest absolute Gasteiger partial charge is 0.305 e. The predicted octanol–water partition coefficient (Wildman–Crippen LogP) is -1.39. The van der Waals surface area contributed by atoms with Gasteiger partial charge in [-0.1, -0.05) is 6.92 Å². The lowest BCUT2D eigenvalue weighted by molar-refractivity contribution is -0.145. The first kappa shape index (κ1) is 17.3. The SMILES string of the molecule is CCCC(=O)OC[C@H](CO)NC(=O)[C@H](N)CC(=O)O. The standard InChI is InChI=1S/C11H20N2O6/c1-2-3-10(17)19-6-7(5-14)13-11(18)8(12)4-9(15)16/h7-8,14H,2-6,12H2,1H3,(H,13,18)(H,15,16)/t7-,8+/m0/s1. The molecule has 0 aromatic carbocycles. The lowest BCUT2D eigenvalue weighted by Gasteiger charge is -2.18. The zero-order valence-corrected chi connectivity index (χ0v) is 10.8. The molecule has 0 aromatic heterocycles. The molecule has 0 heterocycles. The number of hydrogen-bond donors (Lipinski definition) is 4. The Hall–Kier alpha value is -1.67. The molecule has 0 aliphatic rings. The van der Waals surface area contributed by atoms with Crippen molar-refractivity contribution >= 4 is 17.8 Å². The van der Waals surface area contributed by atoms with Gasteiger partial charge in [0.1, 0.15) is 6.61 Å². The molecule has 110 valence electrons. The number of nitrogens with one attached hydrogen (secondary N) is 1. The van der Waals surface area contributed by atoms with E-state index in [9.17, 15) is 14.4 Å². The van der Waals surface area contributed by atoms with Crippen molar-refractivity contribution in [2.75, 3.05) is 13.2 Å². The highest BCUT2D eigenvalue weighted by atomic mass is 16.5. The van der Waals surface area contributed by atoms with Gasteiger partial charge in [0, 0.05) is 6.42 Å². The number of rotatable bonds is 9. The number of aliphatic hydroxyl groups excluding tert-OH is 1. The second kappa shape index (κ2) is 9.29. The average molecular weight is 276 g/mol. The molecule has 1 amide bonds. The number of carboxylic acid groups (broad SMARTS) is 1. The first-order valence-electron chi connectivity index (χ1n) is 5.94. The van der Waals surface area contributed by atoms with Crippen LogP contribution in [0.4, 0.5) is 0 Å². The Morgan fingerprint density at radius 3 is 2.47 bits per heavy atom. The van der Waals surface area contributed by atoms with Gasteiger partial charge in [0.25, 0.3) is 0 Å². The van der Waals surface area contributed by atoms with Crippen LogP contribution in [0.5, 0.6) is 0 Å². The Bertz CT molecular complexity index is 320. The average Bonchev–Trinajstić information content (AvgIpc) is 2.33. The second-order valence-electron chi connectivity index (χ2n) is 4.03. The second-order valence-corrected chi connectivity index (χ2v) is 4.03. The Balaban J connectivity index is 4.13. The minimum absolute atomic E-state index is 0.180. The molecular weight excluding hydrogens is 256 g/mol. The highest BCUT2D eigenvalue weighted by Crippen LogP contribution is 1.95. The van der Waals surface area contributed by atoms with E-state index in [0.717, 1.165) is 0 Å². The van der Waals surface area contributed by atoms with Gasteiger partial charge in [0.15, 0.2) is 0 Å². The van der Waals surface area contributed by atoms with E-state index in [2.05, 4.69) is 5.32 Å². The quantitative estimate of drug-likeness (QED) is 0.380. The molecule has 0 saturated heterocycles. The van der Waals surface area contributed by atoms with Crippen LogP contribution in [0.2, 0.25) is 0 Å². The fourth-order valence-corrected chi connectivity index (χ4v) is 1.20. The van der Waals surface area contributed by atoms with Gasteiger partial charge in [0.05, 0.1) is 25.1 Å². The summed E-state index contributed by atoms with van der Waals surface area (Å²) in [6, 6.07) is -2.01. The summed E-state index contributed by atoms with van der Waals surface area (Å²) in [4.78, 5) is 33.0. The molecule has 0 unspecified atom stereocenters. The number of hydrogen-bond acceptors (Lipinski definition) is 6. The first-order chi connectivity index (χ1) is 8.90. The van der Waals surface area contributed by atoms with E-state index >= 15 is 0 Å². The maximum absolute atomic E-state index is 11.5. The van der Waals surface area contributed by atoms with Crippen LogP contribution in [0.3, 0.4) is 0 Å². The number of carbonyl (C=O) groups excluding carboxylic acids is 2.